The molecule has 0 bridgehead atoms. The van der Waals surface area contributed by atoms with E-state index in [0.717, 1.165) is 23.9 Å². The number of hydrogen-bond donors (Lipinski definition) is 2. The summed E-state index contributed by atoms with van der Waals surface area (Å²) >= 11 is 0. The molecule has 148 valence electrons. The number of hydrogen-bond acceptors (Lipinski definition) is 4. The smallest absolute Gasteiger partial charge is 0.255 e. The molecule has 6 heteroatoms. The van der Waals surface area contributed by atoms with Crippen LogP contribution in [0.1, 0.15) is 10.4 Å². The van der Waals surface area contributed by atoms with Gasteiger partial charge in [0, 0.05) is 30.0 Å². The number of carbonyl (C=O) groups excluding carboxylic acids is 2. The van der Waals surface area contributed by atoms with Crippen molar-refractivity contribution in [3.05, 3.63) is 72.3 Å². The summed E-state index contributed by atoms with van der Waals surface area (Å²) in [4.78, 5) is 26.8. The van der Waals surface area contributed by atoms with E-state index in [9.17, 15) is 9.59 Å². The Morgan fingerprint density at radius 3 is 2.21 bits per heavy atom. The SMILES string of the molecule is O=C(CN1CCOCC1)Nc1ccc(NC(=O)c2ccc3ccccc3c2)cc1. The molecule has 6 nitrogen and oxygen atoms in total. The lowest BCUT2D eigenvalue weighted by Gasteiger charge is -2.25. The van der Waals surface area contributed by atoms with Crippen molar-refractivity contribution in [2.75, 3.05) is 43.5 Å². The Bertz CT molecular complexity index is 1010. The van der Waals surface area contributed by atoms with Gasteiger partial charge in [-0.3, -0.25) is 14.5 Å². The topological polar surface area (TPSA) is 70.7 Å². The van der Waals surface area contributed by atoms with Crippen molar-refractivity contribution in [2.24, 2.45) is 0 Å². The van der Waals surface area contributed by atoms with E-state index < -0.39 is 0 Å². The summed E-state index contributed by atoms with van der Waals surface area (Å²) < 4.78 is 5.29. The van der Waals surface area contributed by atoms with E-state index in [4.69, 9.17) is 4.74 Å². The van der Waals surface area contributed by atoms with Crippen molar-refractivity contribution >= 4 is 34.0 Å². The summed E-state index contributed by atoms with van der Waals surface area (Å²) in [5, 5.41) is 7.91. The average Bonchev–Trinajstić information content (AvgIpc) is 2.75. The van der Waals surface area contributed by atoms with Crippen LogP contribution in [0, 0.1) is 0 Å². The van der Waals surface area contributed by atoms with Gasteiger partial charge >= 0.3 is 0 Å². The van der Waals surface area contributed by atoms with Crippen LogP contribution in [0.2, 0.25) is 0 Å². The maximum absolute atomic E-state index is 12.5. The molecular formula is C23H23N3O3. The standard InChI is InChI=1S/C23H23N3O3/c27-22(16-26-11-13-29-14-12-26)24-20-7-9-21(10-8-20)25-23(28)19-6-5-17-3-1-2-4-18(17)15-19/h1-10,15H,11-14,16H2,(H,24,27)(H,25,28). The molecule has 0 saturated carbocycles. The molecule has 1 heterocycles. The fourth-order valence-corrected chi connectivity index (χ4v) is 3.33. The van der Waals surface area contributed by atoms with Crippen LogP contribution in [0.5, 0.6) is 0 Å². The van der Waals surface area contributed by atoms with E-state index in [-0.39, 0.29) is 11.8 Å². The van der Waals surface area contributed by atoms with E-state index in [2.05, 4.69) is 15.5 Å². The van der Waals surface area contributed by atoms with E-state index in [1.165, 1.54) is 0 Å². The number of carbonyl (C=O) groups is 2. The molecule has 1 saturated heterocycles. The van der Waals surface area contributed by atoms with Gasteiger partial charge in [-0.1, -0.05) is 30.3 Å². The number of nitrogens with one attached hydrogen (secondary N) is 2. The third kappa shape index (κ3) is 4.99. The molecule has 0 atom stereocenters. The number of morpholine rings is 1. The summed E-state index contributed by atoms with van der Waals surface area (Å²) in [5.74, 6) is -0.222. The highest BCUT2D eigenvalue weighted by atomic mass is 16.5. The van der Waals surface area contributed by atoms with Crippen LogP contribution in [-0.2, 0) is 9.53 Å². The van der Waals surface area contributed by atoms with E-state index in [0.29, 0.717) is 36.7 Å². The van der Waals surface area contributed by atoms with E-state index >= 15 is 0 Å². The number of nitrogens with zero attached hydrogens (tertiary/aromatic N) is 1. The van der Waals surface area contributed by atoms with Gasteiger partial charge in [0.15, 0.2) is 0 Å². The Morgan fingerprint density at radius 2 is 1.48 bits per heavy atom. The summed E-state index contributed by atoms with van der Waals surface area (Å²) in [5.41, 5.74) is 1.98. The highest BCUT2D eigenvalue weighted by Crippen LogP contribution is 2.18. The largest absolute Gasteiger partial charge is 0.379 e. The third-order valence-electron chi connectivity index (χ3n) is 4.91. The Kier molecular flexibility index (Phi) is 5.84. The minimum atomic E-state index is -0.167. The van der Waals surface area contributed by atoms with E-state index in [1.807, 2.05) is 42.5 Å². The van der Waals surface area contributed by atoms with Crippen LogP contribution in [0.4, 0.5) is 11.4 Å². The number of ether oxygens (including phenoxy) is 1. The molecule has 29 heavy (non-hydrogen) atoms. The van der Waals surface area contributed by atoms with Crippen molar-refractivity contribution in [1.29, 1.82) is 0 Å². The van der Waals surface area contributed by atoms with Crippen LogP contribution >= 0.6 is 0 Å². The Morgan fingerprint density at radius 1 is 0.828 bits per heavy atom. The predicted octanol–water partition coefficient (Wildman–Crippen LogP) is 3.36. The summed E-state index contributed by atoms with van der Waals surface area (Å²) in [7, 11) is 0. The monoisotopic (exact) mass is 389 g/mol. The molecule has 0 aromatic heterocycles. The van der Waals surface area contributed by atoms with Crippen molar-refractivity contribution in [3.8, 4) is 0 Å². The average molecular weight is 389 g/mol. The first-order chi connectivity index (χ1) is 14.2. The molecule has 1 fully saturated rings. The van der Waals surface area contributed by atoms with E-state index in [1.54, 1.807) is 24.3 Å². The zero-order chi connectivity index (χ0) is 20.1. The lowest BCUT2D eigenvalue weighted by molar-refractivity contribution is -0.118. The second-order valence-corrected chi connectivity index (χ2v) is 7.03. The van der Waals surface area contributed by atoms with Gasteiger partial charge in [0.1, 0.15) is 0 Å². The van der Waals surface area contributed by atoms with Gasteiger partial charge in [-0.15, -0.1) is 0 Å². The predicted molar refractivity (Wildman–Crippen MR) is 114 cm³/mol. The zero-order valence-electron chi connectivity index (χ0n) is 16.1. The van der Waals surface area contributed by atoms with Gasteiger partial charge < -0.3 is 15.4 Å². The molecule has 1 aliphatic heterocycles. The second-order valence-electron chi connectivity index (χ2n) is 7.03. The highest BCUT2D eigenvalue weighted by Gasteiger charge is 2.14. The number of rotatable bonds is 5. The zero-order valence-corrected chi connectivity index (χ0v) is 16.1. The lowest BCUT2D eigenvalue weighted by Crippen LogP contribution is -2.41. The molecule has 4 rings (SSSR count). The molecular weight excluding hydrogens is 366 g/mol. The molecule has 2 N–H and O–H groups in total. The summed E-state index contributed by atoms with van der Waals surface area (Å²) in [6.07, 6.45) is 0. The molecule has 0 spiro atoms. The summed E-state index contributed by atoms with van der Waals surface area (Å²) in [6.45, 7) is 3.22. The second kappa shape index (κ2) is 8.86. The van der Waals surface area contributed by atoms with Gasteiger partial charge in [0.2, 0.25) is 5.91 Å². The van der Waals surface area contributed by atoms with Crippen molar-refractivity contribution in [3.63, 3.8) is 0 Å². The minimum Gasteiger partial charge on any atom is -0.379 e. The fraction of sp³-hybridized carbons (Fsp3) is 0.217. The molecule has 0 aliphatic carbocycles. The summed E-state index contributed by atoms with van der Waals surface area (Å²) in [6, 6.07) is 20.7. The van der Waals surface area contributed by atoms with Gasteiger partial charge in [-0.05, 0) is 47.2 Å². The van der Waals surface area contributed by atoms with Crippen molar-refractivity contribution in [2.45, 2.75) is 0 Å². The first-order valence-electron chi connectivity index (χ1n) is 9.67. The fourth-order valence-electron chi connectivity index (χ4n) is 3.33. The first-order valence-corrected chi connectivity index (χ1v) is 9.67. The van der Waals surface area contributed by atoms with Crippen LogP contribution in [0.25, 0.3) is 10.8 Å². The third-order valence-corrected chi connectivity index (χ3v) is 4.91. The van der Waals surface area contributed by atoms with Gasteiger partial charge in [0.05, 0.1) is 19.8 Å². The Balaban J connectivity index is 1.34. The first kappa shape index (κ1) is 19.1. The quantitative estimate of drug-likeness (QED) is 0.702. The minimum absolute atomic E-state index is 0.0557. The molecule has 3 aromatic rings. The van der Waals surface area contributed by atoms with Crippen molar-refractivity contribution < 1.29 is 14.3 Å². The number of amides is 2. The maximum Gasteiger partial charge on any atom is 0.255 e. The lowest BCUT2D eigenvalue weighted by atomic mass is 10.1. The number of anilines is 2. The van der Waals surface area contributed by atoms with Crippen LogP contribution in [-0.4, -0.2) is 49.6 Å². The normalized spacial score (nSPS) is 14.5. The molecule has 2 amide bonds. The number of benzene rings is 3. The van der Waals surface area contributed by atoms with Crippen LogP contribution < -0.4 is 10.6 Å². The van der Waals surface area contributed by atoms with Crippen LogP contribution in [0.15, 0.2) is 66.7 Å². The van der Waals surface area contributed by atoms with Gasteiger partial charge in [0.25, 0.3) is 5.91 Å². The van der Waals surface area contributed by atoms with Crippen molar-refractivity contribution in [1.82, 2.24) is 4.90 Å². The van der Waals surface area contributed by atoms with Gasteiger partial charge in [-0.2, -0.15) is 0 Å². The molecule has 3 aromatic carbocycles. The molecule has 0 radical (unpaired) electrons. The van der Waals surface area contributed by atoms with Gasteiger partial charge in [-0.25, -0.2) is 0 Å². The van der Waals surface area contributed by atoms with Crippen LogP contribution in [0.3, 0.4) is 0 Å². The number of fused-ring (bicyclic) bond motifs is 1. The molecule has 0 unspecified atom stereocenters. The maximum atomic E-state index is 12.5. The molecule has 1 aliphatic rings. The highest BCUT2D eigenvalue weighted by molar-refractivity contribution is 6.06. The Labute approximate surface area is 169 Å². The Hall–Kier alpha value is -3.22.